The Labute approximate surface area is 163 Å². The number of hydrogen-bond donors (Lipinski definition) is 0. The zero-order valence-corrected chi connectivity index (χ0v) is 16.3. The second-order valence-electron chi connectivity index (χ2n) is 5.89. The fourth-order valence-electron chi connectivity index (χ4n) is 2.57. The minimum absolute atomic E-state index is 0.0238. The minimum Gasteiger partial charge on any atom is -0.309 e. The summed E-state index contributed by atoms with van der Waals surface area (Å²) in [7, 11) is -2.44. The van der Waals surface area contributed by atoms with Crippen LogP contribution in [-0.2, 0) is 23.1 Å². The largest absolute Gasteiger partial charge is 0.417 e. The Morgan fingerprint density at radius 2 is 1.82 bits per heavy atom. The second-order valence-corrected chi connectivity index (χ2v) is 8.57. The first-order chi connectivity index (χ1) is 13.0. The molecule has 0 N–H and O–H groups in total. The Morgan fingerprint density at radius 3 is 2.43 bits per heavy atom. The summed E-state index contributed by atoms with van der Waals surface area (Å²) >= 11 is 5.98. The van der Waals surface area contributed by atoms with Gasteiger partial charge in [-0.25, -0.2) is 8.42 Å². The molecule has 3 aromatic rings. The van der Waals surface area contributed by atoms with E-state index < -0.39 is 26.5 Å². The Balaban J connectivity index is 2.22. The molecule has 0 fully saturated rings. The van der Waals surface area contributed by atoms with Gasteiger partial charge in [0, 0.05) is 23.8 Å². The van der Waals surface area contributed by atoms with Crippen molar-refractivity contribution in [2.24, 2.45) is 7.05 Å². The SMILES string of the molecule is CCS(=O)(=O)c1cc(C(F)(F)F)cnc1-c1nnc(-c2cccc(Cl)c2)n1C. The zero-order chi connectivity index (χ0) is 20.7. The molecule has 6 nitrogen and oxygen atoms in total. The minimum atomic E-state index is -4.73. The topological polar surface area (TPSA) is 77.7 Å². The average molecular weight is 431 g/mol. The molecular weight excluding hydrogens is 417 g/mol. The van der Waals surface area contributed by atoms with Crippen LogP contribution in [0.5, 0.6) is 0 Å². The molecule has 0 unspecified atom stereocenters. The van der Waals surface area contributed by atoms with Gasteiger partial charge in [0.2, 0.25) is 0 Å². The maximum atomic E-state index is 13.1. The lowest BCUT2D eigenvalue weighted by Crippen LogP contribution is -2.13. The molecule has 0 spiro atoms. The van der Waals surface area contributed by atoms with E-state index in [0.29, 0.717) is 28.7 Å². The summed E-state index contributed by atoms with van der Waals surface area (Å²) in [6, 6.07) is 7.32. The molecule has 0 saturated heterocycles. The van der Waals surface area contributed by atoms with Gasteiger partial charge < -0.3 is 4.57 Å². The third-order valence-corrected chi connectivity index (χ3v) is 6.04. The van der Waals surface area contributed by atoms with Crippen molar-refractivity contribution >= 4 is 21.4 Å². The van der Waals surface area contributed by atoms with Gasteiger partial charge in [0.1, 0.15) is 5.69 Å². The summed E-state index contributed by atoms with van der Waals surface area (Å²) in [5, 5.41) is 8.44. The first kappa shape index (κ1) is 20.3. The lowest BCUT2D eigenvalue weighted by atomic mass is 10.2. The smallest absolute Gasteiger partial charge is 0.309 e. The van der Waals surface area contributed by atoms with Crippen molar-refractivity contribution < 1.29 is 21.6 Å². The summed E-state index contributed by atoms with van der Waals surface area (Å²) in [6.07, 6.45) is -4.15. The number of hydrogen-bond acceptors (Lipinski definition) is 5. The van der Waals surface area contributed by atoms with Gasteiger partial charge in [-0.15, -0.1) is 10.2 Å². The van der Waals surface area contributed by atoms with Gasteiger partial charge in [-0.2, -0.15) is 13.2 Å². The molecule has 0 aliphatic rings. The maximum Gasteiger partial charge on any atom is 0.417 e. The average Bonchev–Trinajstić information content (AvgIpc) is 3.01. The fourth-order valence-corrected chi connectivity index (χ4v) is 3.82. The lowest BCUT2D eigenvalue weighted by molar-refractivity contribution is -0.138. The van der Waals surface area contributed by atoms with Crippen molar-refractivity contribution in [3.05, 3.63) is 47.1 Å². The van der Waals surface area contributed by atoms with E-state index in [4.69, 9.17) is 11.6 Å². The van der Waals surface area contributed by atoms with Crippen LogP contribution in [0.4, 0.5) is 13.2 Å². The predicted octanol–water partition coefficient (Wildman–Crippen LogP) is 4.01. The van der Waals surface area contributed by atoms with Crippen LogP contribution in [0.2, 0.25) is 5.02 Å². The molecule has 3 rings (SSSR count). The summed E-state index contributed by atoms with van der Waals surface area (Å²) < 4.78 is 65.5. The Morgan fingerprint density at radius 1 is 1.14 bits per heavy atom. The van der Waals surface area contributed by atoms with Gasteiger partial charge in [0.05, 0.1) is 16.2 Å². The number of pyridine rings is 1. The van der Waals surface area contributed by atoms with E-state index in [2.05, 4.69) is 15.2 Å². The van der Waals surface area contributed by atoms with Crippen LogP contribution >= 0.6 is 11.6 Å². The third-order valence-electron chi connectivity index (χ3n) is 4.06. The van der Waals surface area contributed by atoms with Crippen LogP contribution in [0.1, 0.15) is 12.5 Å². The highest BCUT2D eigenvalue weighted by atomic mass is 35.5. The summed E-state index contributed by atoms with van der Waals surface area (Å²) in [5.74, 6) is -0.00287. The van der Waals surface area contributed by atoms with Crippen LogP contribution in [-0.4, -0.2) is 33.9 Å². The molecule has 2 heterocycles. The van der Waals surface area contributed by atoms with Gasteiger partial charge in [-0.1, -0.05) is 30.7 Å². The van der Waals surface area contributed by atoms with Gasteiger partial charge >= 0.3 is 6.18 Å². The molecule has 0 amide bonds. The molecule has 0 atom stereocenters. The van der Waals surface area contributed by atoms with E-state index in [1.807, 2.05) is 0 Å². The summed E-state index contributed by atoms with van der Waals surface area (Å²) in [4.78, 5) is 3.22. The number of rotatable bonds is 4. The highest BCUT2D eigenvalue weighted by molar-refractivity contribution is 7.91. The zero-order valence-electron chi connectivity index (χ0n) is 14.7. The monoisotopic (exact) mass is 430 g/mol. The molecular formula is C17H14ClF3N4O2S. The number of aromatic nitrogens is 4. The standard InChI is InChI=1S/C17H14ClF3N4O2S/c1-3-28(26,27)13-8-11(17(19,20)21)9-22-14(13)16-24-23-15(25(16)2)10-5-4-6-12(18)7-10/h4-9H,3H2,1-2H3. The quantitative estimate of drug-likeness (QED) is 0.625. The van der Waals surface area contributed by atoms with E-state index in [0.717, 1.165) is 0 Å². The summed E-state index contributed by atoms with van der Waals surface area (Å²) in [5.41, 5.74) is -0.737. The van der Waals surface area contributed by atoms with Gasteiger partial charge in [-0.3, -0.25) is 4.98 Å². The lowest BCUT2D eigenvalue weighted by Gasteiger charge is -2.12. The molecule has 1 aromatic carbocycles. The molecule has 0 radical (unpaired) electrons. The Kier molecular flexibility index (Phi) is 5.20. The number of benzene rings is 1. The van der Waals surface area contributed by atoms with E-state index >= 15 is 0 Å². The maximum absolute atomic E-state index is 13.1. The van der Waals surface area contributed by atoms with Crippen LogP contribution in [0.25, 0.3) is 22.9 Å². The Hall–Kier alpha value is -2.46. The van der Waals surface area contributed by atoms with Crippen LogP contribution in [0, 0.1) is 0 Å². The van der Waals surface area contributed by atoms with Crippen molar-refractivity contribution in [2.75, 3.05) is 5.75 Å². The van der Waals surface area contributed by atoms with Crippen molar-refractivity contribution in [3.63, 3.8) is 0 Å². The van der Waals surface area contributed by atoms with Crippen molar-refractivity contribution in [1.82, 2.24) is 19.7 Å². The van der Waals surface area contributed by atoms with E-state index in [9.17, 15) is 21.6 Å². The van der Waals surface area contributed by atoms with Gasteiger partial charge in [-0.05, 0) is 18.2 Å². The van der Waals surface area contributed by atoms with E-state index in [1.54, 1.807) is 31.3 Å². The molecule has 2 aromatic heterocycles. The number of nitrogens with zero attached hydrogens (tertiary/aromatic N) is 4. The molecule has 0 saturated carbocycles. The first-order valence-electron chi connectivity index (χ1n) is 8.00. The number of sulfone groups is 1. The van der Waals surface area contributed by atoms with Crippen LogP contribution < -0.4 is 0 Å². The summed E-state index contributed by atoms with van der Waals surface area (Å²) in [6.45, 7) is 1.34. The van der Waals surface area contributed by atoms with Crippen LogP contribution in [0.3, 0.4) is 0 Å². The molecule has 148 valence electrons. The van der Waals surface area contributed by atoms with Crippen LogP contribution in [0.15, 0.2) is 41.4 Å². The molecule has 28 heavy (non-hydrogen) atoms. The number of halogens is 4. The Bertz CT molecular complexity index is 1140. The van der Waals surface area contributed by atoms with Gasteiger partial charge in [0.15, 0.2) is 21.5 Å². The first-order valence-corrected chi connectivity index (χ1v) is 10.0. The molecule has 11 heteroatoms. The second kappa shape index (κ2) is 7.17. The van der Waals surface area contributed by atoms with Crippen molar-refractivity contribution in [3.8, 4) is 22.9 Å². The highest BCUT2D eigenvalue weighted by Crippen LogP contribution is 2.34. The normalized spacial score (nSPS) is 12.4. The third kappa shape index (κ3) is 3.74. The van der Waals surface area contributed by atoms with Crippen molar-refractivity contribution in [2.45, 2.75) is 18.0 Å². The predicted molar refractivity (Wildman–Crippen MR) is 97.4 cm³/mol. The number of alkyl halides is 3. The molecule has 0 bridgehead atoms. The van der Waals surface area contributed by atoms with E-state index in [1.165, 1.54) is 11.5 Å². The van der Waals surface area contributed by atoms with E-state index in [-0.39, 0.29) is 17.3 Å². The molecule has 0 aliphatic heterocycles. The van der Waals surface area contributed by atoms with Gasteiger partial charge in [0.25, 0.3) is 0 Å². The highest BCUT2D eigenvalue weighted by Gasteiger charge is 2.34. The fraction of sp³-hybridized carbons (Fsp3) is 0.235. The van der Waals surface area contributed by atoms with Crippen molar-refractivity contribution in [1.29, 1.82) is 0 Å². The molecule has 0 aliphatic carbocycles.